The lowest BCUT2D eigenvalue weighted by atomic mass is 9.99. The van der Waals surface area contributed by atoms with Crippen molar-refractivity contribution in [1.82, 2.24) is 29.8 Å². The summed E-state index contributed by atoms with van der Waals surface area (Å²) in [5.74, 6) is -1.07. The van der Waals surface area contributed by atoms with Gasteiger partial charge < -0.3 is 15.0 Å². The number of pyridine rings is 1. The molecule has 4 heterocycles. The van der Waals surface area contributed by atoms with E-state index in [2.05, 4.69) is 20.4 Å². The van der Waals surface area contributed by atoms with Gasteiger partial charge in [0.1, 0.15) is 23.1 Å². The van der Waals surface area contributed by atoms with Crippen LogP contribution in [0.1, 0.15) is 23.0 Å². The molecule has 0 saturated carbocycles. The smallest absolute Gasteiger partial charge is 0.277 e. The lowest BCUT2D eigenvalue weighted by Gasteiger charge is -2.45. The highest BCUT2D eigenvalue weighted by atomic mass is 19.1. The van der Waals surface area contributed by atoms with Crippen LogP contribution >= 0.6 is 0 Å². The van der Waals surface area contributed by atoms with E-state index in [4.69, 9.17) is 4.74 Å². The largest absolute Gasteiger partial charge is 0.486 e. The van der Waals surface area contributed by atoms with E-state index in [1.165, 1.54) is 13.2 Å². The Balaban J connectivity index is 1.31. The molecule has 1 fully saturated rings. The molecule has 1 saturated heterocycles. The molecular weight excluding hydrogens is 434 g/mol. The molecule has 0 radical (unpaired) electrons. The number of H-pyrrole nitrogens is 1. The Hall–Kier alpha value is -3.86. The fourth-order valence-corrected chi connectivity index (χ4v) is 4.01. The number of aromatic amines is 1. The molecule has 1 aliphatic rings. The summed E-state index contributed by atoms with van der Waals surface area (Å²) in [5, 5.41) is 6.36. The number of halogens is 2. The summed E-state index contributed by atoms with van der Waals surface area (Å²) in [6.45, 7) is 2.84. The van der Waals surface area contributed by atoms with E-state index in [1.54, 1.807) is 24.3 Å². The molecule has 1 aromatic carbocycles. The van der Waals surface area contributed by atoms with E-state index in [0.717, 1.165) is 10.7 Å². The first-order chi connectivity index (χ1) is 15.9. The molecule has 3 aromatic heterocycles. The molecule has 2 atom stereocenters. The van der Waals surface area contributed by atoms with E-state index in [0.29, 0.717) is 30.1 Å². The van der Waals surface area contributed by atoms with Crippen molar-refractivity contribution >= 4 is 22.5 Å². The molecule has 0 spiro atoms. The summed E-state index contributed by atoms with van der Waals surface area (Å²) in [7, 11) is 1.53. The van der Waals surface area contributed by atoms with Crippen molar-refractivity contribution in [2.24, 2.45) is 0 Å². The molecule has 4 aromatic rings. The lowest BCUT2D eigenvalue weighted by Crippen LogP contribution is -2.60. The van der Waals surface area contributed by atoms with Gasteiger partial charge in [-0.15, -0.1) is 0 Å². The van der Waals surface area contributed by atoms with Crippen LogP contribution in [0.4, 0.5) is 8.78 Å². The van der Waals surface area contributed by atoms with Crippen LogP contribution in [0.2, 0.25) is 0 Å². The zero-order valence-corrected chi connectivity index (χ0v) is 17.8. The van der Waals surface area contributed by atoms with Crippen molar-refractivity contribution in [2.75, 3.05) is 13.6 Å². The maximum atomic E-state index is 15.2. The second-order valence-corrected chi connectivity index (χ2v) is 7.92. The lowest BCUT2D eigenvalue weighted by molar-refractivity contribution is -0.0419. The van der Waals surface area contributed by atoms with Gasteiger partial charge in [-0.1, -0.05) is 6.07 Å². The van der Waals surface area contributed by atoms with Crippen LogP contribution in [0.15, 0.2) is 41.5 Å². The summed E-state index contributed by atoms with van der Waals surface area (Å²) < 4.78 is 36.1. The van der Waals surface area contributed by atoms with Gasteiger partial charge >= 0.3 is 0 Å². The standard InChI is InChI=1S/C22H20F2N6O3/c1-11-17(33-13-4-5-15(26-7-13)21(31)25-2)10-29(11)9-12-3-6-16-19(18(12)24)28-22(32)20-14(23)8-27-30(16)20/h3-8,11,17H,9-10H2,1-2H3,(H,25,31)(H,28,32)/t11-,17+/m1/s1. The van der Waals surface area contributed by atoms with E-state index >= 15 is 4.39 Å². The fraction of sp³-hybridized carbons (Fsp3) is 0.273. The van der Waals surface area contributed by atoms with Crippen molar-refractivity contribution in [3.63, 3.8) is 0 Å². The monoisotopic (exact) mass is 454 g/mol. The van der Waals surface area contributed by atoms with Gasteiger partial charge in [-0.2, -0.15) is 5.10 Å². The molecule has 1 aliphatic heterocycles. The highest BCUT2D eigenvalue weighted by Gasteiger charge is 2.37. The van der Waals surface area contributed by atoms with Crippen molar-refractivity contribution in [3.8, 4) is 5.75 Å². The molecule has 11 heteroatoms. The first-order valence-electron chi connectivity index (χ1n) is 10.3. The molecule has 2 N–H and O–H groups in total. The van der Waals surface area contributed by atoms with Crippen LogP contribution in [-0.4, -0.2) is 56.1 Å². The maximum Gasteiger partial charge on any atom is 0.277 e. The molecule has 0 bridgehead atoms. The van der Waals surface area contributed by atoms with Crippen molar-refractivity contribution in [3.05, 3.63) is 69.9 Å². The molecule has 33 heavy (non-hydrogen) atoms. The third-order valence-electron chi connectivity index (χ3n) is 5.99. The Morgan fingerprint density at radius 1 is 1.27 bits per heavy atom. The molecule has 170 valence electrons. The van der Waals surface area contributed by atoms with Gasteiger partial charge in [0.15, 0.2) is 17.2 Å². The highest BCUT2D eigenvalue weighted by Crippen LogP contribution is 2.28. The number of nitrogens with zero attached hydrogens (tertiary/aromatic N) is 4. The molecule has 1 amide bonds. The summed E-state index contributed by atoms with van der Waals surface area (Å²) in [6, 6.07) is 6.49. The summed E-state index contributed by atoms with van der Waals surface area (Å²) in [5.41, 5.74) is -0.0315. The summed E-state index contributed by atoms with van der Waals surface area (Å²) in [4.78, 5) is 32.3. The zero-order chi connectivity index (χ0) is 23.3. The van der Waals surface area contributed by atoms with Gasteiger partial charge in [0, 0.05) is 31.7 Å². The average Bonchev–Trinajstić information content (AvgIpc) is 3.22. The van der Waals surface area contributed by atoms with Crippen LogP contribution in [-0.2, 0) is 6.54 Å². The van der Waals surface area contributed by atoms with Crippen molar-refractivity contribution in [1.29, 1.82) is 0 Å². The Kier molecular flexibility index (Phi) is 5.05. The number of carbonyl (C=O) groups is 1. The molecule has 9 nitrogen and oxygen atoms in total. The summed E-state index contributed by atoms with van der Waals surface area (Å²) in [6.07, 6.45) is 2.31. The SMILES string of the molecule is CNC(=O)c1ccc(O[C@H]2CN(Cc3ccc4c([nH]c(=O)c5c(F)cnn54)c3F)[C@@H]2C)cn1. The maximum absolute atomic E-state index is 15.2. The number of ether oxygens (including phenoxy) is 1. The molecular formula is C22H20F2N6O3. The third kappa shape index (κ3) is 3.50. The van der Waals surface area contributed by atoms with E-state index in [9.17, 15) is 14.0 Å². The molecule has 0 unspecified atom stereocenters. The topological polar surface area (TPSA) is 105 Å². The number of likely N-dealkylation sites (tertiary alicyclic amines) is 1. The van der Waals surface area contributed by atoms with Crippen LogP contribution in [0.3, 0.4) is 0 Å². The minimum atomic E-state index is -0.762. The number of aromatic nitrogens is 4. The Bertz CT molecular complexity index is 1430. The van der Waals surface area contributed by atoms with Crippen LogP contribution in [0, 0.1) is 11.6 Å². The van der Waals surface area contributed by atoms with Crippen LogP contribution in [0.5, 0.6) is 5.75 Å². The number of hydrogen-bond donors (Lipinski definition) is 2. The quantitative estimate of drug-likeness (QED) is 0.477. The second kappa shape index (κ2) is 7.93. The third-order valence-corrected chi connectivity index (χ3v) is 5.99. The fourth-order valence-electron chi connectivity index (χ4n) is 4.01. The van der Waals surface area contributed by atoms with Crippen LogP contribution < -0.4 is 15.6 Å². The minimum Gasteiger partial charge on any atom is -0.486 e. The molecule has 5 rings (SSSR count). The Morgan fingerprint density at radius 3 is 2.79 bits per heavy atom. The first kappa shape index (κ1) is 21.0. The first-order valence-corrected chi connectivity index (χ1v) is 10.3. The van der Waals surface area contributed by atoms with Gasteiger partial charge in [0.25, 0.3) is 11.5 Å². The highest BCUT2D eigenvalue weighted by molar-refractivity contribution is 5.92. The van der Waals surface area contributed by atoms with Gasteiger partial charge in [0.05, 0.1) is 17.9 Å². The predicted molar refractivity (Wildman–Crippen MR) is 115 cm³/mol. The van der Waals surface area contributed by atoms with Gasteiger partial charge in [-0.25, -0.2) is 18.3 Å². The van der Waals surface area contributed by atoms with Gasteiger partial charge in [-0.3, -0.25) is 14.5 Å². The average molecular weight is 454 g/mol. The van der Waals surface area contributed by atoms with Gasteiger partial charge in [-0.05, 0) is 25.1 Å². The van der Waals surface area contributed by atoms with E-state index < -0.39 is 17.2 Å². The zero-order valence-electron chi connectivity index (χ0n) is 17.8. The number of rotatable bonds is 5. The number of nitrogens with one attached hydrogen (secondary N) is 2. The van der Waals surface area contributed by atoms with Gasteiger partial charge in [0.2, 0.25) is 0 Å². The number of hydrogen-bond acceptors (Lipinski definition) is 6. The van der Waals surface area contributed by atoms with E-state index in [1.807, 2.05) is 11.8 Å². The molecule has 0 aliphatic carbocycles. The summed E-state index contributed by atoms with van der Waals surface area (Å²) >= 11 is 0. The number of amides is 1. The Labute approximate surface area is 186 Å². The number of fused-ring (bicyclic) bond motifs is 3. The van der Waals surface area contributed by atoms with E-state index in [-0.39, 0.29) is 34.6 Å². The number of carbonyl (C=O) groups excluding carboxylic acids is 1. The predicted octanol–water partition coefficient (Wildman–Crippen LogP) is 1.86. The van der Waals surface area contributed by atoms with Crippen molar-refractivity contribution in [2.45, 2.75) is 25.6 Å². The van der Waals surface area contributed by atoms with Crippen molar-refractivity contribution < 1.29 is 18.3 Å². The number of benzene rings is 1. The Morgan fingerprint density at radius 2 is 2.09 bits per heavy atom. The minimum absolute atomic E-state index is 0.000421. The second-order valence-electron chi connectivity index (χ2n) is 7.92. The normalized spacial score (nSPS) is 18.4. The van der Waals surface area contributed by atoms with Crippen LogP contribution in [0.25, 0.3) is 16.6 Å².